The minimum Gasteiger partial charge on any atom is -0.497 e. The summed E-state index contributed by atoms with van der Waals surface area (Å²) in [5.41, 5.74) is 2.21. The Morgan fingerprint density at radius 3 is 2.62 bits per heavy atom. The molecule has 2 aromatic carbocycles. The second-order valence-corrected chi connectivity index (χ2v) is 9.14. The number of aliphatic hydroxyl groups is 1. The Balaban J connectivity index is 1.64. The third-order valence-electron chi connectivity index (χ3n) is 7.11. The lowest BCUT2D eigenvalue weighted by Gasteiger charge is -2.52. The number of piperidine rings is 1. The van der Waals surface area contributed by atoms with Gasteiger partial charge in [-0.05, 0) is 56.5 Å². The molecule has 6 heteroatoms. The fourth-order valence-corrected chi connectivity index (χ4v) is 5.43. The molecule has 0 radical (unpaired) electrons. The molecule has 6 nitrogen and oxygen atoms in total. The number of hydrogen-bond donors (Lipinski definition) is 2. The van der Waals surface area contributed by atoms with E-state index in [1.165, 1.54) is 0 Å². The number of anilines is 1. The molecule has 0 aromatic heterocycles. The van der Waals surface area contributed by atoms with Crippen molar-refractivity contribution in [2.45, 2.75) is 50.7 Å². The van der Waals surface area contributed by atoms with Crippen LogP contribution in [0.5, 0.6) is 11.5 Å². The van der Waals surface area contributed by atoms with Gasteiger partial charge >= 0.3 is 0 Å². The first-order chi connectivity index (χ1) is 15.4. The number of fused-ring (bicyclic) bond motifs is 1. The SMILES string of the molecule is COc1ccc(OC)c([C@H]2[C@H]3CCCC[C@@]3(O)CCN2CC(=O)Nc2ccc(C)cc2)c1. The summed E-state index contributed by atoms with van der Waals surface area (Å²) in [6.07, 6.45) is 4.54. The highest BCUT2D eigenvalue weighted by atomic mass is 16.5. The summed E-state index contributed by atoms with van der Waals surface area (Å²) in [4.78, 5) is 15.2. The van der Waals surface area contributed by atoms with E-state index in [9.17, 15) is 9.90 Å². The Labute approximate surface area is 190 Å². The van der Waals surface area contributed by atoms with Crippen molar-refractivity contribution < 1.29 is 19.4 Å². The number of nitrogens with zero attached hydrogens (tertiary/aromatic N) is 1. The van der Waals surface area contributed by atoms with E-state index in [0.717, 1.165) is 54.0 Å². The molecule has 3 atom stereocenters. The summed E-state index contributed by atoms with van der Waals surface area (Å²) in [5, 5.41) is 14.5. The van der Waals surface area contributed by atoms with Crippen LogP contribution in [0.3, 0.4) is 0 Å². The van der Waals surface area contributed by atoms with Crippen LogP contribution in [0.1, 0.15) is 49.3 Å². The molecule has 2 aliphatic rings. The summed E-state index contributed by atoms with van der Waals surface area (Å²) >= 11 is 0. The van der Waals surface area contributed by atoms with E-state index in [2.05, 4.69) is 10.2 Å². The number of nitrogens with one attached hydrogen (secondary N) is 1. The largest absolute Gasteiger partial charge is 0.497 e. The zero-order valence-electron chi connectivity index (χ0n) is 19.3. The molecule has 1 aliphatic carbocycles. The number of likely N-dealkylation sites (tertiary alicyclic amines) is 1. The molecule has 2 N–H and O–H groups in total. The van der Waals surface area contributed by atoms with Gasteiger partial charge in [0.2, 0.25) is 5.91 Å². The summed E-state index contributed by atoms with van der Waals surface area (Å²) in [5.74, 6) is 1.49. The van der Waals surface area contributed by atoms with E-state index in [1.807, 2.05) is 49.4 Å². The minimum atomic E-state index is -0.707. The van der Waals surface area contributed by atoms with Crippen molar-refractivity contribution in [3.05, 3.63) is 53.6 Å². The molecule has 1 saturated carbocycles. The van der Waals surface area contributed by atoms with Gasteiger partial charge in [-0.15, -0.1) is 0 Å². The first-order valence-electron chi connectivity index (χ1n) is 11.5. The van der Waals surface area contributed by atoms with Gasteiger partial charge in [-0.1, -0.05) is 30.5 Å². The van der Waals surface area contributed by atoms with Gasteiger partial charge in [0.25, 0.3) is 0 Å². The molecular formula is C26H34N2O4. The van der Waals surface area contributed by atoms with Crippen LogP contribution in [0.2, 0.25) is 0 Å². The minimum absolute atomic E-state index is 0.0400. The van der Waals surface area contributed by atoms with Gasteiger partial charge in [0.05, 0.1) is 26.4 Å². The number of methoxy groups -OCH3 is 2. The van der Waals surface area contributed by atoms with Crippen molar-refractivity contribution >= 4 is 11.6 Å². The van der Waals surface area contributed by atoms with Gasteiger partial charge in [0.15, 0.2) is 0 Å². The lowest BCUT2D eigenvalue weighted by Crippen LogP contribution is -2.56. The van der Waals surface area contributed by atoms with Crippen molar-refractivity contribution in [3.63, 3.8) is 0 Å². The Morgan fingerprint density at radius 1 is 1.12 bits per heavy atom. The highest BCUT2D eigenvalue weighted by Crippen LogP contribution is 2.51. The van der Waals surface area contributed by atoms with Crippen molar-refractivity contribution in [1.82, 2.24) is 4.90 Å². The molecule has 1 saturated heterocycles. The predicted molar refractivity (Wildman–Crippen MR) is 125 cm³/mol. The topological polar surface area (TPSA) is 71.0 Å². The number of carbonyl (C=O) groups is 1. The van der Waals surface area contributed by atoms with E-state index in [1.54, 1.807) is 14.2 Å². The van der Waals surface area contributed by atoms with Crippen LogP contribution in [0.15, 0.2) is 42.5 Å². The average molecular weight is 439 g/mol. The standard InChI is InChI=1S/C26H34N2O4/c1-18-7-9-19(10-8-18)27-24(29)17-28-15-14-26(30)13-5-4-6-22(26)25(28)21-16-20(31-2)11-12-23(21)32-3/h7-12,16,22,25,30H,4-6,13-15,17H2,1-3H3,(H,27,29)/t22-,25+,26-/m1/s1. The van der Waals surface area contributed by atoms with Gasteiger partial charge in [-0.25, -0.2) is 0 Å². The number of amides is 1. The smallest absolute Gasteiger partial charge is 0.238 e. The van der Waals surface area contributed by atoms with Crippen molar-refractivity contribution in [2.24, 2.45) is 5.92 Å². The number of carbonyl (C=O) groups excluding carboxylic acids is 1. The summed E-state index contributed by atoms with van der Waals surface area (Å²) in [6, 6.07) is 13.5. The maximum absolute atomic E-state index is 13.0. The molecule has 1 amide bonds. The summed E-state index contributed by atoms with van der Waals surface area (Å²) < 4.78 is 11.2. The second kappa shape index (κ2) is 9.51. The van der Waals surface area contributed by atoms with Gasteiger partial charge in [0.1, 0.15) is 11.5 Å². The molecule has 32 heavy (non-hydrogen) atoms. The van der Waals surface area contributed by atoms with E-state index >= 15 is 0 Å². The molecule has 1 heterocycles. The zero-order valence-corrected chi connectivity index (χ0v) is 19.3. The van der Waals surface area contributed by atoms with Gasteiger partial charge in [-0.2, -0.15) is 0 Å². The number of ether oxygens (including phenoxy) is 2. The molecular weight excluding hydrogens is 404 g/mol. The average Bonchev–Trinajstić information content (AvgIpc) is 2.80. The lowest BCUT2D eigenvalue weighted by atomic mass is 9.66. The molecule has 4 rings (SSSR count). The number of benzene rings is 2. The van der Waals surface area contributed by atoms with Crippen LogP contribution >= 0.6 is 0 Å². The van der Waals surface area contributed by atoms with Crippen molar-refractivity contribution in [2.75, 3.05) is 32.6 Å². The van der Waals surface area contributed by atoms with Crippen LogP contribution in [0.4, 0.5) is 5.69 Å². The summed E-state index contributed by atoms with van der Waals surface area (Å²) in [7, 11) is 3.31. The Kier molecular flexibility index (Phi) is 6.72. The monoisotopic (exact) mass is 438 g/mol. The fraction of sp³-hybridized carbons (Fsp3) is 0.500. The van der Waals surface area contributed by atoms with Crippen LogP contribution in [-0.2, 0) is 4.79 Å². The fourth-order valence-electron chi connectivity index (χ4n) is 5.43. The normalized spacial score (nSPS) is 25.6. The summed E-state index contributed by atoms with van der Waals surface area (Å²) in [6.45, 7) is 2.93. The second-order valence-electron chi connectivity index (χ2n) is 9.14. The molecule has 0 bridgehead atoms. The molecule has 0 spiro atoms. The first kappa shape index (κ1) is 22.6. The van der Waals surface area contributed by atoms with E-state index < -0.39 is 5.60 Å². The maximum Gasteiger partial charge on any atom is 0.238 e. The third kappa shape index (κ3) is 4.62. The van der Waals surface area contributed by atoms with E-state index in [-0.39, 0.29) is 24.4 Å². The molecule has 2 aromatic rings. The number of aryl methyl sites for hydroxylation is 1. The molecule has 0 unspecified atom stereocenters. The Morgan fingerprint density at radius 2 is 1.91 bits per heavy atom. The van der Waals surface area contributed by atoms with Gasteiger partial charge in [-0.3, -0.25) is 9.69 Å². The van der Waals surface area contributed by atoms with Crippen LogP contribution in [-0.4, -0.2) is 48.8 Å². The third-order valence-corrected chi connectivity index (χ3v) is 7.11. The molecule has 2 fully saturated rings. The lowest BCUT2D eigenvalue weighted by molar-refractivity contribution is -0.135. The van der Waals surface area contributed by atoms with Gasteiger partial charge in [0, 0.05) is 29.8 Å². The highest BCUT2D eigenvalue weighted by molar-refractivity contribution is 5.92. The quantitative estimate of drug-likeness (QED) is 0.703. The predicted octanol–water partition coefficient (Wildman–Crippen LogP) is 4.32. The van der Waals surface area contributed by atoms with E-state index in [4.69, 9.17) is 9.47 Å². The highest BCUT2D eigenvalue weighted by Gasteiger charge is 2.50. The number of hydrogen-bond acceptors (Lipinski definition) is 5. The van der Waals surface area contributed by atoms with Crippen LogP contribution < -0.4 is 14.8 Å². The zero-order chi connectivity index (χ0) is 22.7. The maximum atomic E-state index is 13.0. The van der Waals surface area contributed by atoms with E-state index in [0.29, 0.717) is 13.0 Å². The van der Waals surface area contributed by atoms with Crippen LogP contribution in [0, 0.1) is 12.8 Å². The van der Waals surface area contributed by atoms with Crippen molar-refractivity contribution in [3.8, 4) is 11.5 Å². The Bertz CT molecular complexity index is 945. The van der Waals surface area contributed by atoms with Crippen LogP contribution in [0.25, 0.3) is 0 Å². The Hall–Kier alpha value is -2.57. The van der Waals surface area contributed by atoms with Crippen molar-refractivity contribution in [1.29, 1.82) is 0 Å². The molecule has 172 valence electrons. The number of rotatable bonds is 6. The first-order valence-corrected chi connectivity index (χ1v) is 11.5. The van der Waals surface area contributed by atoms with Gasteiger partial charge < -0.3 is 19.9 Å². The molecule has 1 aliphatic heterocycles.